The number of amides is 1. The van der Waals surface area contributed by atoms with Crippen LogP contribution in [0.2, 0.25) is 0 Å². The van der Waals surface area contributed by atoms with E-state index >= 15 is 0 Å². The lowest BCUT2D eigenvalue weighted by atomic mass is 10.2. The van der Waals surface area contributed by atoms with Crippen LogP contribution in [0.1, 0.15) is 31.7 Å². The summed E-state index contributed by atoms with van der Waals surface area (Å²) in [7, 11) is -3.36. The maximum absolute atomic E-state index is 13.0. The van der Waals surface area contributed by atoms with Crippen LogP contribution < -0.4 is 0 Å². The van der Waals surface area contributed by atoms with Gasteiger partial charge in [0.15, 0.2) is 0 Å². The second-order valence-electron chi connectivity index (χ2n) is 4.88. The van der Waals surface area contributed by atoms with Gasteiger partial charge in [-0.3, -0.25) is 9.36 Å². The maximum Gasteiger partial charge on any atom is 0.352 e. The minimum Gasteiger partial charge on any atom is -0.311 e. The molecule has 122 valence electrons. The monoisotopic (exact) mass is 343 g/mol. The van der Waals surface area contributed by atoms with Gasteiger partial charge in [0.2, 0.25) is 5.91 Å². The van der Waals surface area contributed by atoms with E-state index in [0.29, 0.717) is 5.75 Å². The average molecular weight is 343 g/mol. The van der Waals surface area contributed by atoms with Crippen LogP contribution in [0.3, 0.4) is 0 Å². The van der Waals surface area contributed by atoms with Crippen LogP contribution in [-0.4, -0.2) is 35.6 Å². The van der Waals surface area contributed by atoms with Crippen molar-refractivity contribution in [1.82, 2.24) is 4.90 Å². The minimum absolute atomic E-state index is 0.0361. The van der Waals surface area contributed by atoms with E-state index in [9.17, 15) is 9.36 Å². The third kappa shape index (κ3) is 3.57. The molecule has 2 atom stereocenters. The number of carbonyl (C=O) groups excluding carboxylic acids is 1. The molecule has 1 amide bonds. The highest BCUT2D eigenvalue weighted by Gasteiger charge is 2.45. The van der Waals surface area contributed by atoms with Crippen molar-refractivity contribution in [1.29, 1.82) is 0 Å². The van der Waals surface area contributed by atoms with E-state index < -0.39 is 13.4 Å². The first-order valence-corrected chi connectivity index (χ1v) is 10.1. The first-order valence-electron chi connectivity index (χ1n) is 7.40. The molecule has 2 unspecified atom stereocenters. The van der Waals surface area contributed by atoms with Gasteiger partial charge in [-0.2, -0.15) is 0 Å². The zero-order valence-electron chi connectivity index (χ0n) is 13.1. The molecule has 0 bridgehead atoms. The Morgan fingerprint density at radius 3 is 2.41 bits per heavy atom. The van der Waals surface area contributed by atoms with Gasteiger partial charge < -0.3 is 13.9 Å². The molecule has 1 aromatic rings. The molecule has 0 aromatic heterocycles. The van der Waals surface area contributed by atoms with Crippen LogP contribution in [0.4, 0.5) is 0 Å². The Morgan fingerprint density at radius 1 is 1.27 bits per heavy atom. The number of hydrogen-bond acceptors (Lipinski definition) is 5. The van der Waals surface area contributed by atoms with Crippen molar-refractivity contribution in [3.8, 4) is 0 Å². The summed E-state index contributed by atoms with van der Waals surface area (Å²) in [5.74, 6) is -0.270. The van der Waals surface area contributed by atoms with Crippen LogP contribution in [-0.2, 0) is 18.4 Å². The van der Waals surface area contributed by atoms with Crippen LogP contribution in [0.5, 0.6) is 0 Å². The molecular weight excluding hydrogens is 321 g/mol. The predicted octanol–water partition coefficient (Wildman–Crippen LogP) is 3.87. The van der Waals surface area contributed by atoms with E-state index in [1.54, 1.807) is 25.7 Å². The molecule has 0 N–H and O–H groups in total. The molecule has 1 heterocycles. The van der Waals surface area contributed by atoms with Gasteiger partial charge in [-0.25, -0.2) is 0 Å². The van der Waals surface area contributed by atoms with Crippen molar-refractivity contribution >= 4 is 25.3 Å². The normalized spacial score (nSPS) is 20.4. The van der Waals surface area contributed by atoms with Crippen molar-refractivity contribution in [2.75, 3.05) is 19.0 Å². The quantitative estimate of drug-likeness (QED) is 0.704. The largest absolute Gasteiger partial charge is 0.352 e. The van der Waals surface area contributed by atoms with Gasteiger partial charge in [0.05, 0.1) is 19.0 Å². The topological polar surface area (TPSA) is 55.8 Å². The third-order valence-corrected chi connectivity index (χ3v) is 7.10. The average Bonchev–Trinajstić information content (AvgIpc) is 2.89. The maximum atomic E-state index is 13.0. The fourth-order valence-electron chi connectivity index (χ4n) is 2.48. The van der Waals surface area contributed by atoms with Gasteiger partial charge >= 0.3 is 7.60 Å². The molecule has 1 aliphatic heterocycles. The lowest BCUT2D eigenvalue weighted by Crippen LogP contribution is -2.37. The first kappa shape index (κ1) is 17.5. The summed E-state index contributed by atoms with van der Waals surface area (Å²) >= 11 is 1.54. The molecule has 22 heavy (non-hydrogen) atoms. The van der Waals surface area contributed by atoms with Crippen molar-refractivity contribution in [2.45, 2.75) is 31.9 Å². The molecular formula is C15H22NO4PS. The van der Waals surface area contributed by atoms with E-state index in [-0.39, 0.29) is 24.5 Å². The second-order valence-corrected chi connectivity index (χ2v) is 8.29. The van der Waals surface area contributed by atoms with Crippen molar-refractivity contribution in [2.24, 2.45) is 0 Å². The number of nitrogens with zero attached hydrogens (tertiary/aromatic N) is 1. The van der Waals surface area contributed by atoms with Gasteiger partial charge in [0, 0.05) is 0 Å². The molecule has 2 rings (SSSR count). The highest BCUT2D eigenvalue weighted by molar-refractivity contribution is 8.00. The third-order valence-electron chi connectivity index (χ3n) is 3.47. The van der Waals surface area contributed by atoms with Gasteiger partial charge in [-0.15, -0.1) is 11.8 Å². The zero-order chi connectivity index (χ0) is 16.2. The Kier molecular flexibility index (Phi) is 6.09. The molecule has 1 fully saturated rings. The van der Waals surface area contributed by atoms with Gasteiger partial charge in [-0.1, -0.05) is 30.3 Å². The van der Waals surface area contributed by atoms with Crippen molar-refractivity contribution in [3.05, 3.63) is 35.9 Å². The summed E-state index contributed by atoms with van der Waals surface area (Å²) in [5, 5.41) is -0.155. The number of thioether (sulfide) groups is 1. The summed E-state index contributed by atoms with van der Waals surface area (Å²) in [6, 6.07) is 9.76. The van der Waals surface area contributed by atoms with Crippen LogP contribution in [0, 0.1) is 0 Å². The van der Waals surface area contributed by atoms with Crippen LogP contribution in [0.25, 0.3) is 0 Å². The molecule has 1 aliphatic rings. The Balaban J connectivity index is 2.30. The van der Waals surface area contributed by atoms with E-state index in [0.717, 1.165) is 5.56 Å². The SMILES string of the molecule is CCOP(=O)(OCC)C(C)N1C(=O)CSC1c1ccccc1. The summed E-state index contributed by atoms with van der Waals surface area (Å²) in [6.07, 6.45) is 0. The van der Waals surface area contributed by atoms with Gasteiger partial charge in [-0.05, 0) is 26.3 Å². The number of rotatable bonds is 7. The summed E-state index contributed by atoms with van der Waals surface area (Å²) in [6.45, 7) is 5.85. The molecule has 7 heteroatoms. The lowest BCUT2D eigenvalue weighted by molar-refractivity contribution is -0.129. The Labute approximate surface area is 135 Å². The Morgan fingerprint density at radius 2 is 1.86 bits per heavy atom. The van der Waals surface area contributed by atoms with Crippen LogP contribution >= 0.6 is 19.4 Å². The first-order chi connectivity index (χ1) is 10.5. The smallest absolute Gasteiger partial charge is 0.311 e. The second kappa shape index (κ2) is 7.64. The van der Waals surface area contributed by atoms with Gasteiger partial charge in [0.25, 0.3) is 0 Å². The Bertz CT molecular complexity index is 544. The van der Waals surface area contributed by atoms with Crippen molar-refractivity contribution in [3.63, 3.8) is 0 Å². The molecule has 5 nitrogen and oxygen atoms in total. The Hall–Kier alpha value is -0.810. The standard InChI is InChI=1S/C15H22NO4PS/c1-4-19-21(18,20-5-2)12(3)16-14(17)11-22-15(16)13-9-7-6-8-10-13/h6-10,12,15H,4-5,11H2,1-3H3. The van der Waals surface area contributed by atoms with E-state index in [1.807, 2.05) is 30.3 Å². The molecule has 0 saturated carbocycles. The van der Waals surface area contributed by atoms with Crippen LogP contribution in [0.15, 0.2) is 30.3 Å². The van der Waals surface area contributed by atoms with E-state index in [2.05, 4.69) is 0 Å². The number of carbonyl (C=O) groups is 1. The van der Waals surface area contributed by atoms with E-state index in [4.69, 9.17) is 9.05 Å². The van der Waals surface area contributed by atoms with Crippen molar-refractivity contribution < 1.29 is 18.4 Å². The predicted molar refractivity (Wildman–Crippen MR) is 88.8 cm³/mol. The summed E-state index contributed by atoms with van der Waals surface area (Å²) in [5.41, 5.74) is 1.02. The fraction of sp³-hybridized carbons (Fsp3) is 0.533. The summed E-state index contributed by atoms with van der Waals surface area (Å²) < 4.78 is 23.8. The summed E-state index contributed by atoms with van der Waals surface area (Å²) in [4.78, 5) is 14.0. The van der Waals surface area contributed by atoms with E-state index in [1.165, 1.54) is 11.8 Å². The molecule has 0 spiro atoms. The fourth-order valence-corrected chi connectivity index (χ4v) is 5.62. The minimum atomic E-state index is -3.36. The number of hydrogen-bond donors (Lipinski definition) is 0. The molecule has 0 radical (unpaired) electrons. The highest BCUT2D eigenvalue weighted by Crippen LogP contribution is 2.57. The highest BCUT2D eigenvalue weighted by atomic mass is 32.2. The number of benzene rings is 1. The molecule has 1 aromatic carbocycles. The zero-order valence-corrected chi connectivity index (χ0v) is 14.8. The molecule has 0 aliphatic carbocycles. The lowest BCUT2D eigenvalue weighted by Gasteiger charge is -2.34. The molecule has 1 saturated heterocycles. The van der Waals surface area contributed by atoms with Gasteiger partial charge in [0.1, 0.15) is 11.2 Å².